The maximum absolute atomic E-state index is 12.7. The van der Waals surface area contributed by atoms with Gasteiger partial charge in [-0.15, -0.1) is 0 Å². The molecule has 0 bridgehead atoms. The summed E-state index contributed by atoms with van der Waals surface area (Å²) < 4.78 is 43.3. The highest BCUT2D eigenvalue weighted by atomic mass is 19.4. The second-order valence-corrected chi connectivity index (χ2v) is 5.10. The van der Waals surface area contributed by atoms with Crippen molar-refractivity contribution < 1.29 is 17.9 Å². The first-order valence-electron chi connectivity index (χ1n) is 6.78. The fourth-order valence-corrected chi connectivity index (χ4v) is 2.59. The highest BCUT2D eigenvalue weighted by Gasteiger charge is 2.35. The molecule has 0 spiro atoms. The predicted molar refractivity (Wildman–Crippen MR) is 76.6 cm³/mol. The third kappa shape index (κ3) is 3.32. The average Bonchev–Trinajstić information content (AvgIpc) is 2.45. The third-order valence-electron chi connectivity index (χ3n) is 3.63. The second-order valence-electron chi connectivity index (χ2n) is 5.10. The number of alkyl halides is 3. The van der Waals surface area contributed by atoms with E-state index in [-0.39, 0.29) is 19.0 Å². The average molecular weight is 300 g/mol. The predicted octanol–water partition coefficient (Wildman–Crippen LogP) is 3.41. The van der Waals surface area contributed by atoms with Crippen LogP contribution in [0.25, 0.3) is 0 Å². The highest BCUT2D eigenvalue weighted by molar-refractivity contribution is 5.61. The lowest BCUT2D eigenvalue weighted by atomic mass is 10.0. The van der Waals surface area contributed by atoms with Gasteiger partial charge in [-0.3, -0.25) is 0 Å². The molecule has 0 saturated carbocycles. The van der Waals surface area contributed by atoms with Crippen LogP contribution in [0.5, 0.6) is 5.75 Å². The molecular weight excluding hydrogens is 281 g/mol. The Labute approximate surface area is 122 Å². The Morgan fingerprint density at radius 2 is 2.05 bits per heavy atom. The first kappa shape index (κ1) is 15.7. The normalized spacial score (nSPS) is 17.4. The number of methoxy groups -OCH3 is 1. The number of nitrogens with zero attached hydrogens (tertiary/aromatic N) is 1. The molecule has 0 saturated heterocycles. The number of hydrogen-bond acceptors (Lipinski definition) is 3. The molecule has 0 amide bonds. The molecule has 21 heavy (non-hydrogen) atoms. The fourth-order valence-electron chi connectivity index (χ4n) is 2.59. The summed E-state index contributed by atoms with van der Waals surface area (Å²) >= 11 is 0. The van der Waals surface area contributed by atoms with E-state index in [9.17, 15) is 13.2 Å². The highest BCUT2D eigenvalue weighted by Crippen LogP contribution is 2.36. The van der Waals surface area contributed by atoms with Gasteiger partial charge in [-0.1, -0.05) is 12.1 Å². The maximum Gasteiger partial charge on any atom is 0.412 e. The lowest BCUT2D eigenvalue weighted by molar-refractivity contribution is -0.0944. The lowest BCUT2D eigenvalue weighted by Crippen LogP contribution is -2.33. The van der Waals surface area contributed by atoms with Crippen molar-refractivity contribution in [1.29, 1.82) is 0 Å². The maximum atomic E-state index is 12.7. The molecule has 0 fully saturated rings. The molecular formula is C15H19F3N2O. The largest absolute Gasteiger partial charge is 0.496 e. The van der Waals surface area contributed by atoms with Crippen LogP contribution in [0.2, 0.25) is 0 Å². The molecule has 0 aromatic heterocycles. The van der Waals surface area contributed by atoms with E-state index in [0.29, 0.717) is 12.3 Å². The first-order valence-corrected chi connectivity index (χ1v) is 6.78. The Bertz CT molecular complexity index is 538. The number of ether oxygens (including phenoxy) is 1. The molecule has 1 atom stereocenters. The van der Waals surface area contributed by atoms with E-state index in [1.807, 2.05) is 30.0 Å². The van der Waals surface area contributed by atoms with Gasteiger partial charge in [0.2, 0.25) is 0 Å². The molecule has 6 heteroatoms. The van der Waals surface area contributed by atoms with Crippen molar-refractivity contribution in [3.8, 4) is 5.75 Å². The number of hydrogen-bond donors (Lipinski definition) is 1. The molecule has 116 valence electrons. The van der Waals surface area contributed by atoms with Crippen LogP contribution in [-0.4, -0.2) is 26.4 Å². The van der Waals surface area contributed by atoms with Crippen molar-refractivity contribution in [2.24, 2.45) is 5.73 Å². The zero-order valence-electron chi connectivity index (χ0n) is 12.1. The Hall–Kier alpha value is -1.69. The van der Waals surface area contributed by atoms with E-state index in [4.69, 9.17) is 10.5 Å². The lowest BCUT2D eigenvalue weighted by Gasteiger charge is -2.32. The summed E-state index contributed by atoms with van der Waals surface area (Å²) in [4.78, 5) is 1.90. The van der Waals surface area contributed by atoms with Crippen molar-refractivity contribution in [3.05, 3.63) is 35.4 Å². The van der Waals surface area contributed by atoms with Gasteiger partial charge < -0.3 is 15.4 Å². The Morgan fingerprint density at radius 3 is 2.52 bits per heavy atom. The molecule has 2 N–H and O–H groups in total. The summed E-state index contributed by atoms with van der Waals surface area (Å²) in [5.41, 5.74) is 7.20. The van der Waals surface area contributed by atoms with Gasteiger partial charge in [-0.25, -0.2) is 0 Å². The minimum atomic E-state index is -4.23. The van der Waals surface area contributed by atoms with Gasteiger partial charge in [0.25, 0.3) is 0 Å². The topological polar surface area (TPSA) is 38.5 Å². The first-order chi connectivity index (χ1) is 9.84. The van der Waals surface area contributed by atoms with Crippen LogP contribution >= 0.6 is 0 Å². The van der Waals surface area contributed by atoms with E-state index in [2.05, 4.69) is 0 Å². The number of nitrogens with two attached hydrogens (primary N) is 1. The number of halogens is 3. The van der Waals surface area contributed by atoms with Crippen LogP contribution in [0.15, 0.2) is 29.8 Å². The van der Waals surface area contributed by atoms with Gasteiger partial charge >= 0.3 is 6.18 Å². The van der Waals surface area contributed by atoms with E-state index in [1.165, 1.54) is 6.08 Å². The Kier molecular flexibility index (Phi) is 4.46. The van der Waals surface area contributed by atoms with Gasteiger partial charge in [-0.2, -0.15) is 13.2 Å². The van der Waals surface area contributed by atoms with Gasteiger partial charge in [-0.05, 0) is 25.5 Å². The van der Waals surface area contributed by atoms with E-state index in [1.54, 1.807) is 7.11 Å². The van der Waals surface area contributed by atoms with Gasteiger partial charge in [0.05, 0.1) is 7.11 Å². The smallest absolute Gasteiger partial charge is 0.412 e. The van der Waals surface area contributed by atoms with E-state index >= 15 is 0 Å². The summed E-state index contributed by atoms with van der Waals surface area (Å²) in [5.74, 6) is 0.660. The molecule has 0 unspecified atom stereocenters. The molecule has 0 radical (unpaired) electrons. The van der Waals surface area contributed by atoms with Crippen LogP contribution in [-0.2, 0) is 0 Å². The van der Waals surface area contributed by atoms with Gasteiger partial charge in [0.15, 0.2) is 0 Å². The Balaban J connectivity index is 2.31. The minimum absolute atomic E-state index is 0.0148. The van der Waals surface area contributed by atoms with Crippen molar-refractivity contribution in [1.82, 2.24) is 0 Å². The van der Waals surface area contributed by atoms with E-state index in [0.717, 1.165) is 11.3 Å². The van der Waals surface area contributed by atoms with Crippen LogP contribution < -0.4 is 15.4 Å². The SMILES string of the molecule is COc1cccc(N2CC=C(C(F)(F)F)CC2)c1[C@H](C)N. The standard InChI is InChI=1S/C15H19F3N2O/c1-10(19)14-12(4-3-5-13(14)21-2)20-8-6-11(7-9-20)15(16,17)18/h3-6,10H,7-9,19H2,1-2H3/t10-/m0/s1. The molecule has 2 rings (SSSR count). The van der Waals surface area contributed by atoms with Crippen molar-refractivity contribution >= 4 is 5.69 Å². The summed E-state index contributed by atoms with van der Waals surface area (Å²) in [6.45, 7) is 2.38. The molecule has 1 aliphatic rings. The quantitative estimate of drug-likeness (QED) is 0.869. The summed E-state index contributed by atoms with van der Waals surface area (Å²) in [6, 6.07) is 5.24. The Morgan fingerprint density at radius 1 is 1.33 bits per heavy atom. The van der Waals surface area contributed by atoms with Crippen LogP contribution in [0.1, 0.15) is 24.9 Å². The minimum Gasteiger partial charge on any atom is -0.496 e. The van der Waals surface area contributed by atoms with Gasteiger partial charge in [0, 0.05) is 36.0 Å². The zero-order valence-corrected chi connectivity index (χ0v) is 12.1. The summed E-state index contributed by atoms with van der Waals surface area (Å²) in [7, 11) is 1.56. The van der Waals surface area contributed by atoms with Crippen LogP contribution in [0, 0.1) is 0 Å². The third-order valence-corrected chi connectivity index (χ3v) is 3.63. The van der Waals surface area contributed by atoms with Crippen LogP contribution in [0.4, 0.5) is 18.9 Å². The zero-order chi connectivity index (χ0) is 15.6. The monoisotopic (exact) mass is 300 g/mol. The van der Waals surface area contributed by atoms with Crippen LogP contribution in [0.3, 0.4) is 0 Å². The molecule has 1 aliphatic heterocycles. The molecule has 1 aromatic carbocycles. The van der Waals surface area contributed by atoms with Crippen molar-refractivity contribution in [3.63, 3.8) is 0 Å². The number of anilines is 1. The molecule has 0 aliphatic carbocycles. The molecule has 3 nitrogen and oxygen atoms in total. The molecule has 1 aromatic rings. The summed E-state index contributed by atoms with van der Waals surface area (Å²) in [6.07, 6.45) is -3.00. The van der Waals surface area contributed by atoms with Gasteiger partial charge in [0.1, 0.15) is 5.75 Å². The number of rotatable bonds is 3. The fraction of sp³-hybridized carbons (Fsp3) is 0.467. The van der Waals surface area contributed by atoms with Crippen molar-refractivity contribution in [2.75, 3.05) is 25.1 Å². The second kappa shape index (κ2) is 5.97. The number of benzene rings is 1. The summed E-state index contributed by atoms with van der Waals surface area (Å²) in [5, 5.41) is 0. The molecule has 1 heterocycles. The van der Waals surface area contributed by atoms with E-state index < -0.39 is 11.7 Å². The van der Waals surface area contributed by atoms with Crippen molar-refractivity contribution in [2.45, 2.75) is 25.6 Å².